The Hall–Kier alpha value is -4.14. The average Bonchev–Trinajstić information content (AvgIpc) is 3.45. The molecule has 0 atom stereocenters. The van der Waals surface area contributed by atoms with Crippen molar-refractivity contribution in [3.63, 3.8) is 0 Å². The molecule has 2 aliphatic heterocycles. The molecule has 0 spiro atoms. The van der Waals surface area contributed by atoms with E-state index < -0.39 is 0 Å². The lowest BCUT2D eigenvalue weighted by Gasteiger charge is -2.33. The summed E-state index contributed by atoms with van der Waals surface area (Å²) in [6, 6.07) is 27.8. The fourth-order valence-corrected chi connectivity index (χ4v) is 4.96. The van der Waals surface area contributed by atoms with E-state index in [1.165, 1.54) is 0 Å². The minimum absolute atomic E-state index is 0.211. The second kappa shape index (κ2) is 11.1. The van der Waals surface area contributed by atoms with Crippen LogP contribution < -0.4 is 15.1 Å². The van der Waals surface area contributed by atoms with Crippen LogP contribution in [0.2, 0.25) is 0 Å². The standard InChI is InChI=1S/C30H31N5O3/c36-30(29-22-27(23-7-3-1-4-8-23)32-35(29)24-9-5-2-6-10-24)31-26-12-11-25(33-13-17-37-18-14-33)21-28(26)34-15-19-38-20-16-34/h1-12,21-22H,13-20H2,(H,31,36). The van der Waals surface area contributed by atoms with Crippen molar-refractivity contribution in [3.8, 4) is 16.9 Å². The largest absolute Gasteiger partial charge is 0.378 e. The maximum atomic E-state index is 13.8. The van der Waals surface area contributed by atoms with E-state index in [9.17, 15) is 4.79 Å². The molecule has 4 aromatic rings. The molecule has 0 unspecified atom stereocenters. The van der Waals surface area contributed by atoms with Crippen molar-refractivity contribution >= 4 is 23.0 Å². The van der Waals surface area contributed by atoms with Crippen molar-refractivity contribution in [2.24, 2.45) is 0 Å². The number of anilines is 3. The van der Waals surface area contributed by atoms with Crippen LogP contribution in [-0.4, -0.2) is 68.3 Å². The first kappa shape index (κ1) is 24.2. The second-order valence-electron chi connectivity index (χ2n) is 9.38. The Morgan fingerprint density at radius 1 is 0.711 bits per heavy atom. The molecule has 194 valence electrons. The van der Waals surface area contributed by atoms with Gasteiger partial charge in [-0.2, -0.15) is 5.10 Å². The molecule has 0 bridgehead atoms. The SMILES string of the molecule is O=C(Nc1ccc(N2CCOCC2)cc1N1CCOCC1)c1cc(-c2ccccc2)nn1-c1ccccc1. The molecule has 3 heterocycles. The smallest absolute Gasteiger partial charge is 0.274 e. The highest BCUT2D eigenvalue weighted by atomic mass is 16.5. The van der Waals surface area contributed by atoms with Crippen LogP contribution in [0.4, 0.5) is 17.1 Å². The van der Waals surface area contributed by atoms with Crippen molar-refractivity contribution in [1.29, 1.82) is 0 Å². The zero-order valence-electron chi connectivity index (χ0n) is 21.3. The van der Waals surface area contributed by atoms with E-state index in [0.29, 0.717) is 18.9 Å². The third-order valence-electron chi connectivity index (χ3n) is 6.97. The molecule has 1 N–H and O–H groups in total. The van der Waals surface area contributed by atoms with Crippen LogP contribution in [0.1, 0.15) is 10.5 Å². The minimum atomic E-state index is -0.211. The number of para-hydroxylation sites is 1. The maximum absolute atomic E-state index is 13.8. The highest BCUT2D eigenvalue weighted by molar-refractivity contribution is 6.06. The molecule has 2 saturated heterocycles. The fraction of sp³-hybridized carbons (Fsp3) is 0.267. The number of nitrogens with one attached hydrogen (secondary N) is 1. The number of nitrogens with zero attached hydrogens (tertiary/aromatic N) is 4. The van der Waals surface area contributed by atoms with E-state index in [1.807, 2.05) is 72.8 Å². The Morgan fingerprint density at radius 3 is 2.03 bits per heavy atom. The van der Waals surface area contributed by atoms with Gasteiger partial charge in [0.15, 0.2) is 0 Å². The van der Waals surface area contributed by atoms with Gasteiger partial charge in [0.05, 0.1) is 49.2 Å². The maximum Gasteiger partial charge on any atom is 0.274 e. The third-order valence-corrected chi connectivity index (χ3v) is 6.97. The molecule has 3 aromatic carbocycles. The van der Waals surface area contributed by atoms with Crippen molar-refractivity contribution in [2.75, 3.05) is 67.7 Å². The predicted molar refractivity (Wildman–Crippen MR) is 149 cm³/mol. The van der Waals surface area contributed by atoms with Crippen molar-refractivity contribution in [3.05, 3.63) is 90.6 Å². The summed E-state index contributed by atoms with van der Waals surface area (Å²) < 4.78 is 12.9. The molecule has 1 amide bonds. The van der Waals surface area contributed by atoms with Crippen LogP contribution in [0, 0.1) is 0 Å². The van der Waals surface area contributed by atoms with Gasteiger partial charge in [0.2, 0.25) is 0 Å². The summed E-state index contributed by atoms with van der Waals surface area (Å²) in [6.07, 6.45) is 0. The molecule has 8 nitrogen and oxygen atoms in total. The molecule has 2 fully saturated rings. The normalized spacial score (nSPS) is 15.9. The molecule has 0 aliphatic carbocycles. The van der Waals surface area contributed by atoms with E-state index in [2.05, 4.69) is 27.2 Å². The van der Waals surface area contributed by atoms with E-state index in [4.69, 9.17) is 14.6 Å². The number of morpholine rings is 2. The van der Waals surface area contributed by atoms with Crippen LogP contribution in [0.3, 0.4) is 0 Å². The summed E-state index contributed by atoms with van der Waals surface area (Å²) in [6.45, 7) is 6.02. The Kier molecular flexibility index (Phi) is 7.06. The number of carbonyl (C=O) groups excluding carboxylic acids is 1. The Morgan fingerprint density at radius 2 is 1.34 bits per heavy atom. The van der Waals surface area contributed by atoms with Crippen LogP contribution in [-0.2, 0) is 9.47 Å². The molecule has 38 heavy (non-hydrogen) atoms. The van der Waals surface area contributed by atoms with Gasteiger partial charge < -0.3 is 24.6 Å². The quantitative estimate of drug-likeness (QED) is 0.414. The third kappa shape index (κ3) is 5.14. The van der Waals surface area contributed by atoms with Gasteiger partial charge in [0, 0.05) is 37.4 Å². The van der Waals surface area contributed by atoms with Gasteiger partial charge in [-0.05, 0) is 36.4 Å². The van der Waals surface area contributed by atoms with Crippen molar-refractivity contribution < 1.29 is 14.3 Å². The first-order valence-electron chi connectivity index (χ1n) is 13.1. The first-order valence-corrected chi connectivity index (χ1v) is 13.1. The van der Waals surface area contributed by atoms with E-state index in [0.717, 1.165) is 73.4 Å². The lowest BCUT2D eigenvalue weighted by Crippen LogP contribution is -2.38. The number of benzene rings is 3. The molecule has 0 saturated carbocycles. The number of rotatable bonds is 6. The molecule has 1 aromatic heterocycles. The number of hydrogen-bond acceptors (Lipinski definition) is 6. The second-order valence-corrected chi connectivity index (χ2v) is 9.38. The molecule has 2 aliphatic rings. The van der Waals surface area contributed by atoms with Gasteiger partial charge in [-0.15, -0.1) is 0 Å². The molecular formula is C30H31N5O3. The van der Waals surface area contributed by atoms with Crippen LogP contribution in [0.5, 0.6) is 0 Å². The van der Waals surface area contributed by atoms with E-state index >= 15 is 0 Å². The average molecular weight is 510 g/mol. The summed E-state index contributed by atoms with van der Waals surface area (Å²) in [5.74, 6) is -0.211. The summed E-state index contributed by atoms with van der Waals surface area (Å²) >= 11 is 0. The van der Waals surface area contributed by atoms with Crippen LogP contribution >= 0.6 is 0 Å². The molecule has 8 heteroatoms. The van der Waals surface area contributed by atoms with Crippen molar-refractivity contribution in [2.45, 2.75) is 0 Å². The lowest BCUT2D eigenvalue weighted by atomic mass is 10.1. The van der Waals surface area contributed by atoms with Crippen LogP contribution in [0.15, 0.2) is 84.9 Å². The Labute approximate surface area is 222 Å². The Bertz CT molecular complexity index is 1380. The van der Waals surface area contributed by atoms with Gasteiger partial charge >= 0.3 is 0 Å². The highest BCUT2D eigenvalue weighted by Gasteiger charge is 2.22. The van der Waals surface area contributed by atoms with Crippen LogP contribution in [0.25, 0.3) is 16.9 Å². The highest BCUT2D eigenvalue weighted by Crippen LogP contribution is 2.33. The minimum Gasteiger partial charge on any atom is -0.378 e. The number of amides is 1. The first-order chi connectivity index (χ1) is 18.8. The number of carbonyl (C=O) groups is 1. The molecular weight excluding hydrogens is 478 g/mol. The molecule has 6 rings (SSSR count). The number of ether oxygens (including phenoxy) is 2. The fourth-order valence-electron chi connectivity index (χ4n) is 4.96. The van der Waals surface area contributed by atoms with Gasteiger partial charge in [-0.25, -0.2) is 4.68 Å². The predicted octanol–water partition coefficient (Wildman–Crippen LogP) is 4.46. The van der Waals surface area contributed by atoms with E-state index in [1.54, 1.807) is 4.68 Å². The zero-order chi connectivity index (χ0) is 25.7. The van der Waals surface area contributed by atoms with Gasteiger partial charge in [0.25, 0.3) is 5.91 Å². The number of aromatic nitrogens is 2. The van der Waals surface area contributed by atoms with Crippen molar-refractivity contribution in [1.82, 2.24) is 9.78 Å². The van der Waals surface area contributed by atoms with Gasteiger partial charge in [0.1, 0.15) is 5.69 Å². The van der Waals surface area contributed by atoms with Gasteiger partial charge in [-0.1, -0.05) is 48.5 Å². The summed E-state index contributed by atoms with van der Waals surface area (Å²) in [7, 11) is 0. The Balaban J connectivity index is 1.35. The number of hydrogen-bond donors (Lipinski definition) is 1. The zero-order valence-corrected chi connectivity index (χ0v) is 21.3. The van der Waals surface area contributed by atoms with E-state index in [-0.39, 0.29) is 5.91 Å². The summed E-state index contributed by atoms with van der Waals surface area (Å²) in [5.41, 5.74) is 5.91. The molecule has 0 radical (unpaired) electrons. The lowest BCUT2D eigenvalue weighted by molar-refractivity contribution is 0.101. The summed E-state index contributed by atoms with van der Waals surface area (Å²) in [5, 5.41) is 8.02. The topological polar surface area (TPSA) is 71.9 Å². The summed E-state index contributed by atoms with van der Waals surface area (Å²) in [4.78, 5) is 18.4. The monoisotopic (exact) mass is 509 g/mol. The van der Waals surface area contributed by atoms with Gasteiger partial charge in [-0.3, -0.25) is 4.79 Å².